The first-order chi connectivity index (χ1) is 15.3. The minimum Gasteiger partial charge on any atom is -0.497 e. The molecule has 0 N–H and O–H groups in total. The Hall–Kier alpha value is -2.86. The Morgan fingerprint density at radius 2 is 1.88 bits per heavy atom. The molecular formula is C26H28FNO3S. The number of halogens is 1. The fourth-order valence-corrected chi connectivity index (χ4v) is 6.48. The van der Waals surface area contributed by atoms with E-state index in [1.165, 1.54) is 16.4 Å². The number of benzene rings is 3. The number of rotatable bonds is 6. The molecule has 32 heavy (non-hydrogen) atoms. The lowest BCUT2D eigenvalue weighted by Gasteiger charge is -2.38. The minimum absolute atomic E-state index is 0.263. The molecule has 3 aromatic rings. The van der Waals surface area contributed by atoms with Gasteiger partial charge >= 0.3 is 0 Å². The van der Waals surface area contributed by atoms with Crippen LogP contribution in [0, 0.1) is 19.7 Å². The van der Waals surface area contributed by atoms with Crippen LogP contribution in [0.2, 0.25) is 0 Å². The number of hydrogen-bond acceptors (Lipinski definition) is 3. The highest BCUT2D eigenvalue weighted by Gasteiger charge is 2.36. The zero-order valence-electron chi connectivity index (χ0n) is 18.6. The number of ether oxygens (including phenoxy) is 1. The van der Waals surface area contributed by atoms with Crippen LogP contribution in [0.25, 0.3) is 0 Å². The lowest BCUT2D eigenvalue weighted by Crippen LogP contribution is -2.44. The maximum Gasteiger partial charge on any atom is 0.264 e. The van der Waals surface area contributed by atoms with Crippen molar-refractivity contribution in [3.63, 3.8) is 0 Å². The van der Waals surface area contributed by atoms with Crippen LogP contribution in [0.3, 0.4) is 0 Å². The Balaban J connectivity index is 1.74. The summed E-state index contributed by atoms with van der Waals surface area (Å²) in [7, 11) is -2.24. The van der Waals surface area contributed by atoms with Crippen molar-refractivity contribution < 1.29 is 17.5 Å². The van der Waals surface area contributed by atoms with Gasteiger partial charge < -0.3 is 4.74 Å². The molecule has 1 aliphatic heterocycles. The topological polar surface area (TPSA) is 46.6 Å². The molecule has 0 radical (unpaired) electrons. The van der Waals surface area contributed by atoms with Crippen LogP contribution in [0.4, 0.5) is 10.1 Å². The van der Waals surface area contributed by atoms with Crippen molar-refractivity contribution in [3.8, 4) is 5.75 Å². The molecule has 4 rings (SSSR count). The van der Waals surface area contributed by atoms with Gasteiger partial charge in [-0.2, -0.15) is 0 Å². The summed E-state index contributed by atoms with van der Waals surface area (Å²) >= 11 is 0. The Labute approximate surface area is 189 Å². The smallest absolute Gasteiger partial charge is 0.264 e. The van der Waals surface area contributed by atoms with E-state index < -0.39 is 15.8 Å². The van der Waals surface area contributed by atoms with E-state index in [1.54, 1.807) is 19.2 Å². The van der Waals surface area contributed by atoms with Gasteiger partial charge in [0, 0.05) is 6.04 Å². The molecule has 1 unspecified atom stereocenters. The van der Waals surface area contributed by atoms with Crippen molar-refractivity contribution >= 4 is 15.7 Å². The SMILES string of the molecule is COc1cccc(CCC2CCc3ccc(F)cc3N2S(=O)(=O)c2ccc(C)cc2C)c1. The van der Waals surface area contributed by atoms with E-state index in [4.69, 9.17) is 4.74 Å². The van der Waals surface area contributed by atoms with Crippen LogP contribution in [0.15, 0.2) is 65.6 Å². The molecule has 0 spiro atoms. The summed E-state index contributed by atoms with van der Waals surface area (Å²) in [6.45, 7) is 3.74. The van der Waals surface area contributed by atoms with Gasteiger partial charge in [0.05, 0.1) is 17.7 Å². The van der Waals surface area contributed by atoms with Crippen molar-refractivity contribution in [2.45, 2.75) is 50.5 Å². The fraction of sp³-hybridized carbons (Fsp3) is 0.308. The first kappa shape index (κ1) is 22.3. The second-order valence-corrected chi connectivity index (χ2v) is 10.2. The zero-order chi connectivity index (χ0) is 22.9. The molecule has 0 saturated carbocycles. The van der Waals surface area contributed by atoms with Gasteiger partial charge in [0.15, 0.2) is 0 Å². The Morgan fingerprint density at radius 3 is 2.62 bits per heavy atom. The first-order valence-corrected chi connectivity index (χ1v) is 12.3. The van der Waals surface area contributed by atoms with Crippen LogP contribution >= 0.6 is 0 Å². The average molecular weight is 454 g/mol. The van der Waals surface area contributed by atoms with Crippen LogP contribution in [0.5, 0.6) is 5.75 Å². The molecule has 1 heterocycles. The molecule has 3 aromatic carbocycles. The quantitative estimate of drug-likeness (QED) is 0.489. The summed E-state index contributed by atoms with van der Waals surface area (Å²) in [4.78, 5) is 0.270. The molecule has 0 fully saturated rings. The van der Waals surface area contributed by atoms with Crippen LogP contribution in [0.1, 0.15) is 35.1 Å². The maximum absolute atomic E-state index is 14.2. The van der Waals surface area contributed by atoms with Crippen molar-refractivity contribution in [2.24, 2.45) is 0 Å². The Morgan fingerprint density at radius 1 is 1.06 bits per heavy atom. The highest BCUT2D eigenvalue weighted by atomic mass is 32.2. The Kier molecular flexibility index (Phi) is 6.24. The summed E-state index contributed by atoms with van der Waals surface area (Å²) < 4.78 is 48.8. The highest BCUT2D eigenvalue weighted by molar-refractivity contribution is 7.93. The Bertz CT molecular complexity index is 1240. The molecule has 0 bridgehead atoms. The molecule has 0 aliphatic carbocycles. The van der Waals surface area contributed by atoms with Crippen LogP contribution in [-0.4, -0.2) is 21.6 Å². The van der Waals surface area contributed by atoms with Gasteiger partial charge in [0.2, 0.25) is 0 Å². The number of sulfonamides is 1. The second-order valence-electron chi connectivity index (χ2n) is 8.43. The standard InChI is InChI=1S/C26H28FNO3S/c1-18-7-14-26(19(2)15-18)32(29,30)28-23(12-8-20-5-4-6-24(16-20)31-3)13-10-21-9-11-22(27)17-25(21)28/h4-7,9,11,14-17,23H,8,10,12-13H2,1-3H3. The predicted octanol–water partition coefficient (Wildman–Crippen LogP) is 5.59. The lowest BCUT2D eigenvalue weighted by molar-refractivity contribution is 0.414. The van der Waals surface area contributed by atoms with Gasteiger partial charge in [-0.25, -0.2) is 12.8 Å². The van der Waals surface area contributed by atoms with E-state index in [-0.39, 0.29) is 10.9 Å². The van der Waals surface area contributed by atoms with Crippen molar-refractivity contribution in [1.82, 2.24) is 0 Å². The van der Waals surface area contributed by atoms with Crippen molar-refractivity contribution in [3.05, 3.63) is 88.7 Å². The summed E-state index contributed by atoms with van der Waals surface area (Å²) in [5, 5.41) is 0. The van der Waals surface area contributed by atoms with Gasteiger partial charge in [-0.1, -0.05) is 35.9 Å². The van der Waals surface area contributed by atoms with Gasteiger partial charge in [-0.15, -0.1) is 0 Å². The largest absolute Gasteiger partial charge is 0.497 e. The van der Waals surface area contributed by atoms with E-state index >= 15 is 0 Å². The van der Waals surface area contributed by atoms with Crippen molar-refractivity contribution in [2.75, 3.05) is 11.4 Å². The number of fused-ring (bicyclic) bond motifs is 1. The van der Waals surface area contributed by atoms with E-state index in [1.807, 2.05) is 50.2 Å². The third kappa shape index (κ3) is 4.37. The molecule has 168 valence electrons. The fourth-order valence-electron chi connectivity index (χ4n) is 4.53. The molecule has 1 atom stereocenters. The van der Waals surface area contributed by atoms with E-state index in [0.717, 1.165) is 28.9 Å². The van der Waals surface area contributed by atoms with Gasteiger partial charge in [0.25, 0.3) is 10.0 Å². The van der Waals surface area contributed by atoms with E-state index in [0.29, 0.717) is 30.5 Å². The van der Waals surface area contributed by atoms with Gasteiger partial charge in [-0.3, -0.25) is 4.31 Å². The van der Waals surface area contributed by atoms with Gasteiger partial charge in [-0.05, 0) is 86.6 Å². The molecule has 1 aliphatic rings. The minimum atomic E-state index is -3.86. The molecule has 4 nitrogen and oxygen atoms in total. The molecule has 0 saturated heterocycles. The number of aryl methyl sites for hydroxylation is 4. The summed E-state index contributed by atoms with van der Waals surface area (Å²) in [5.41, 5.74) is 4.09. The van der Waals surface area contributed by atoms with E-state index in [2.05, 4.69) is 0 Å². The first-order valence-electron chi connectivity index (χ1n) is 10.8. The summed E-state index contributed by atoms with van der Waals surface area (Å²) in [6.07, 6.45) is 2.74. The lowest BCUT2D eigenvalue weighted by atomic mass is 9.94. The average Bonchev–Trinajstić information content (AvgIpc) is 2.76. The molecule has 0 aromatic heterocycles. The van der Waals surface area contributed by atoms with E-state index in [9.17, 15) is 12.8 Å². The third-order valence-electron chi connectivity index (χ3n) is 6.13. The second kappa shape index (κ2) is 8.94. The number of nitrogens with zero attached hydrogens (tertiary/aromatic N) is 1. The maximum atomic E-state index is 14.2. The molecule has 6 heteroatoms. The van der Waals surface area contributed by atoms with Crippen molar-refractivity contribution in [1.29, 1.82) is 0 Å². The summed E-state index contributed by atoms with van der Waals surface area (Å²) in [5.74, 6) is 0.344. The molecular weight excluding hydrogens is 425 g/mol. The normalized spacial score (nSPS) is 16.0. The van der Waals surface area contributed by atoms with Crippen LogP contribution in [-0.2, 0) is 22.9 Å². The molecule has 0 amide bonds. The third-order valence-corrected chi connectivity index (χ3v) is 8.16. The predicted molar refractivity (Wildman–Crippen MR) is 125 cm³/mol. The monoisotopic (exact) mass is 453 g/mol. The number of hydrogen-bond donors (Lipinski definition) is 0. The highest BCUT2D eigenvalue weighted by Crippen LogP contribution is 2.38. The summed E-state index contributed by atoms with van der Waals surface area (Å²) in [6, 6.07) is 17.3. The van der Waals surface area contributed by atoms with Gasteiger partial charge in [0.1, 0.15) is 11.6 Å². The zero-order valence-corrected chi connectivity index (χ0v) is 19.5. The van der Waals surface area contributed by atoms with Crippen LogP contribution < -0.4 is 9.04 Å². The number of anilines is 1. The number of methoxy groups -OCH3 is 1.